The Morgan fingerprint density at radius 3 is 2.65 bits per heavy atom. The van der Waals surface area contributed by atoms with Crippen molar-refractivity contribution < 1.29 is 19.4 Å². The Morgan fingerprint density at radius 2 is 2.04 bits per heavy atom. The molecule has 1 saturated carbocycles. The smallest absolute Gasteiger partial charge is 0.308 e. The van der Waals surface area contributed by atoms with E-state index in [0.717, 1.165) is 37.0 Å². The molecule has 5 nitrogen and oxygen atoms in total. The molecule has 23 heavy (non-hydrogen) atoms. The van der Waals surface area contributed by atoms with Crippen molar-refractivity contribution in [1.29, 1.82) is 0 Å². The highest BCUT2D eigenvalue weighted by molar-refractivity contribution is 5.89. The molecule has 0 aromatic heterocycles. The summed E-state index contributed by atoms with van der Waals surface area (Å²) in [5.74, 6) is -0.386. The number of carbonyl (C=O) groups excluding carboxylic acids is 1. The van der Waals surface area contributed by atoms with E-state index in [2.05, 4.69) is 0 Å². The fourth-order valence-electron chi connectivity index (χ4n) is 3.97. The van der Waals surface area contributed by atoms with Crippen molar-refractivity contribution in [3.63, 3.8) is 0 Å². The van der Waals surface area contributed by atoms with Crippen molar-refractivity contribution in [1.82, 2.24) is 4.90 Å². The summed E-state index contributed by atoms with van der Waals surface area (Å²) in [4.78, 5) is 26.2. The lowest BCUT2D eigenvalue weighted by atomic mass is 9.77. The number of nitrogens with zero attached hydrogens (tertiary/aromatic N) is 1. The standard InChI is InChI=1S/C18H23NO4/c1-23-15-6-4-5-14(11-15)18(8-2-3-9-18)17(22)19-10-7-13(12-19)16(20)21/h4-6,11,13H,2-3,7-10,12H2,1H3,(H,20,21)/t13-/m1/s1. The van der Waals surface area contributed by atoms with Crippen LogP contribution < -0.4 is 4.74 Å². The van der Waals surface area contributed by atoms with Gasteiger partial charge in [-0.15, -0.1) is 0 Å². The number of methoxy groups -OCH3 is 1. The number of ether oxygens (including phenoxy) is 1. The lowest BCUT2D eigenvalue weighted by molar-refractivity contribution is -0.142. The highest BCUT2D eigenvalue weighted by Gasteiger charge is 2.47. The van der Waals surface area contributed by atoms with Gasteiger partial charge in [-0.3, -0.25) is 9.59 Å². The molecule has 1 aromatic rings. The molecular weight excluding hydrogens is 294 g/mol. The maximum Gasteiger partial charge on any atom is 0.308 e. The van der Waals surface area contributed by atoms with Crippen LogP contribution in [0.3, 0.4) is 0 Å². The maximum absolute atomic E-state index is 13.2. The van der Waals surface area contributed by atoms with Crippen LogP contribution in [-0.2, 0) is 15.0 Å². The summed E-state index contributed by atoms with van der Waals surface area (Å²) in [6.07, 6.45) is 4.26. The van der Waals surface area contributed by atoms with Gasteiger partial charge in [0.15, 0.2) is 0 Å². The summed E-state index contributed by atoms with van der Waals surface area (Å²) in [6.45, 7) is 0.876. The molecule has 3 rings (SSSR count). The van der Waals surface area contributed by atoms with Gasteiger partial charge in [0.2, 0.25) is 5.91 Å². The summed E-state index contributed by atoms with van der Waals surface area (Å²) in [5.41, 5.74) is 0.486. The minimum Gasteiger partial charge on any atom is -0.497 e. The molecule has 0 unspecified atom stereocenters. The Labute approximate surface area is 136 Å². The van der Waals surface area contributed by atoms with Crippen molar-refractivity contribution >= 4 is 11.9 Å². The van der Waals surface area contributed by atoms with Crippen LogP contribution in [0, 0.1) is 5.92 Å². The highest BCUT2D eigenvalue weighted by atomic mass is 16.5. The van der Waals surface area contributed by atoms with E-state index >= 15 is 0 Å². The number of carbonyl (C=O) groups is 2. The first-order valence-electron chi connectivity index (χ1n) is 8.23. The maximum atomic E-state index is 13.2. The normalized spacial score (nSPS) is 23.0. The third-order valence-electron chi connectivity index (χ3n) is 5.31. The first-order valence-corrected chi connectivity index (χ1v) is 8.23. The average molecular weight is 317 g/mol. The SMILES string of the molecule is COc1cccc(C2(C(=O)N3CC[C@@H](C(=O)O)C3)CCCC2)c1. The summed E-state index contributed by atoms with van der Waals surface area (Å²) in [7, 11) is 1.63. The first-order chi connectivity index (χ1) is 11.1. The lowest BCUT2D eigenvalue weighted by Crippen LogP contribution is -2.44. The van der Waals surface area contributed by atoms with Crippen molar-refractivity contribution in [2.24, 2.45) is 5.92 Å². The zero-order valence-electron chi connectivity index (χ0n) is 13.5. The minimum atomic E-state index is -0.804. The van der Waals surface area contributed by atoms with E-state index in [1.807, 2.05) is 24.3 Å². The Kier molecular flexibility index (Phi) is 4.28. The molecule has 0 spiro atoms. The predicted octanol–water partition coefficient (Wildman–Crippen LogP) is 2.44. The van der Waals surface area contributed by atoms with Crippen LogP contribution in [0.5, 0.6) is 5.75 Å². The van der Waals surface area contributed by atoms with Gasteiger partial charge in [0.25, 0.3) is 0 Å². The predicted molar refractivity (Wildman–Crippen MR) is 85.5 cm³/mol. The topological polar surface area (TPSA) is 66.8 Å². The van der Waals surface area contributed by atoms with E-state index in [1.54, 1.807) is 12.0 Å². The second kappa shape index (κ2) is 6.22. The fourth-order valence-corrected chi connectivity index (χ4v) is 3.97. The van der Waals surface area contributed by atoms with Crippen molar-refractivity contribution in [2.75, 3.05) is 20.2 Å². The molecule has 1 saturated heterocycles. The number of carboxylic acid groups (broad SMARTS) is 1. The van der Waals surface area contributed by atoms with Crippen LogP contribution in [0.15, 0.2) is 24.3 Å². The van der Waals surface area contributed by atoms with E-state index in [1.165, 1.54) is 0 Å². The van der Waals surface area contributed by atoms with Gasteiger partial charge in [0.05, 0.1) is 18.4 Å². The Morgan fingerprint density at radius 1 is 1.30 bits per heavy atom. The fraction of sp³-hybridized carbons (Fsp3) is 0.556. The van der Waals surface area contributed by atoms with Crippen LogP contribution in [0.25, 0.3) is 0 Å². The molecule has 1 atom stereocenters. The third kappa shape index (κ3) is 2.80. The Bertz CT molecular complexity index is 607. The molecule has 1 heterocycles. The summed E-state index contributed by atoms with van der Waals surface area (Å²) in [5, 5.41) is 9.17. The van der Waals surface area contributed by atoms with Crippen molar-refractivity contribution in [2.45, 2.75) is 37.5 Å². The second-order valence-corrected chi connectivity index (χ2v) is 6.60. The Balaban J connectivity index is 1.89. The molecule has 1 N–H and O–H groups in total. The van der Waals surface area contributed by atoms with Gasteiger partial charge in [0, 0.05) is 13.1 Å². The van der Waals surface area contributed by atoms with E-state index in [-0.39, 0.29) is 5.91 Å². The van der Waals surface area contributed by atoms with Crippen LogP contribution in [0.2, 0.25) is 0 Å². The molecule has 1 aromatic carbocycles. The zero-order valence-corrected chi connectivity index (χ0v) is 13.5. The molecule has 0 bridgehead atoms. The first kappa shape index (κ1) is 15.8. The van der Waals surface area contributed by atoms with E-state index in [4.69, 9.17) is 4.74 Å². The number of benzene rings is 1. The summed E-state index contributed by atoms with van der Waals surface area (Å²) >= 11 is 0. The molecular formula is C18H23NO4. The molecule has 1 amide bonds. The van der Waals surface area contributed by atoms with Gasteiger partial charge < -0.3 is 14.7 Å². The van der Waals surface area contributed by atoms with Gasteiger partial charge in [-0.05, 0) is 37.0 Å². The van der Waals surface area contributed by atoms with Crippen LogP contribution in [-0.4, -0.2) is 42.1 Å². The van der Waals surface area contributed by atoms with E-state index in [9.17, 15) is 14.7 Å². The quantitative estimate of drug-likeness (QED) is 0.926. The zero-order chi connectivity index (χ0) is 16.4. The largest absolute Gasteiger partial charge is 0.497 e. The number of carboxylic acids is 1. The van der Waals surface area contributed by atoms with E-state index < -0.39 is 17.3 Å². The second-order valence-electron chi connectivity index (χ2n) is 6.60. The Hall–Kier alpha value is -2.04. The molecule has 2 fully saturated rings. The third-order valence-corrected chi connectivity index (χ3v) is 5.31. The number of aliphatic carboxylic acids is 1. The van der Waals surface area contributed by atoms with Gasteiger partial charge in [-0.25, -0.2) is 0 Å². The van der Waals surface area contributed by atoms with Crippen LogP contribution in [0.1, 0.15) is 37.7 Å². The average Bonchev–Trinajstić information content (AvgIpc) is 3.24. The van der Waals surface area contributed by atoms with E-state index in [0.29, 0.717) is 19.5 Å². The van der Waals surface area contributed by atoms with Crippen molar-refractivity contribution in [3.05, 3.63) is 29.8 Å². The molecule has 124 valence electrons. The van der Waals surface area contributed by atoms with Crippen LogP contribution >= 0.6 is 0 Å². The molecule has 5 heteroatoms. The number of rotatable bonds is 4. The number of likely N-dealkylation sites (tertiary alicyclic amines) is 1. The van der Waals surface area contributed by atoms with Crippen molar-refractivity contribution in [3.8, 4) is 5.75 Å². The van der Waals surface area contributed by atoms with Gasteiger partial charge in [-0.2, -0.15) is 0 Å². The van der Waals surface area contributed by atoms with Gasteiger partial charge in [-0.1, -0.05) is 25.0 Å². The summed E-state index contributed by atoms with van der Waals surface area (Å²) < 4.78 is 5.31. The molecule has 0 radical (unpaired) electrons. The molecule has 2 aliphatic rings. The van der Waals surface area contributed by atoms with Gasteiger partial charge in [0.1, 0.15) is 5.75 Å². The molecule has 1 aliphatic heterocycles. The molecule has 1 aliphatic carbocycles. The number of amides is 1. The number of hydrogen-bond donors (Lipinski definition) is 1. The lowest BCUT2D eigenvalue weighted by Gasteiger charge is -2.33. The van der Waals surface area contributed by atoms with Crippen LogP contribution in [0.4, 0.5) is 0 Å². The van der Waals surface area contributed by atoms with Gasteiger partial charge >= 0.3 is 5.97 Å². The monoisotopic (exact) mass is 317 g/mol. The summed E-state index contributed by atoms with van der Waals surface area (Å²) in [6, 6.07) is 7.75. The number of hydrogen-bond acceptors (Lipinski definition) is 3. The highest BCUT2D eigenvalue weighted by Crippen LogP contribution is 2.44. The minimum absolute atomic E-state index is 0.0898.